The number of nitrogen functional groups attached to an aromatic ring is 2. The van der Waals surface area contributed by atoms with Gasteiger partial charge in [-0.3, -0.25) is 0 Å². The van der Waals surface area contributed by atoms with Gasteiger partial charge in [0, 0.05) is 4.90 Å². The molecule has 0 saturated heterocycles. The van der Waals surface area contributed by atoms with E-state index in [0.717, 1.165) is 24.1 Å². The second kappa shape index (κ2) is 5.27. The number of azo groups is 1. The molecular weight excluding hydrogens is 244 g/mol. The number of hydrogen-bond acceptors (Lipinski definition) is 5. The van der Waals surface area contributed by atoms with Gasteiger partial charge in [-0.2, -0.15) is 5.11 Å². The van der Waals surface area contributed by atoms with Crippen LogP contribution in [0.1, 0.15) is 18.4 Å². The smallest absolute Gasteiger partial charge is 0.110 e. The summed E-state index contributed by atoms with van der Waals surface area (Å²) in [6.07, 6.45) is 8.14. The van der Waals surface area contributed by atoms with E-state index < -0.39 is 0 Å². The van der Waals surface area contributed by atoms with Crippen molar-refractivity contribution in [1.29, 1.82) is 0 Å². The summed E-state index contributed by atoms with van der Waals surface area (Å²) in [5.74, 6) is 0. The van der Waals surface area contributed by atoms with Gasteiger partial charge in [-0.15, -0.1) is 17.7 Å². The molecule has 0 radical (unpaired) electrons. The monoisotopic (exact) mass is 260 g/mol. The SMILES string of the molecule is Cc1c(N)c(S)cc(N=NC2=CCCC=C2)c1N. The predicted octanol–water partition coefficient (Wildman–Crippen LogP) is 3.77. The molecule has 0 spiro atoms. The number of nitrogens with two attached hydrogens (primary N) is 2. The molecule has 0 atom stereocenters. The minimum Gasteiger partial charge on any atom is -0.398 e. The van der Waals surface area contributed by atoms with E-state index in [-0.39, 0.29) is 0 Å². The number of rotatable bonds is 2. The molecular formula is C13H16N4S. The van der Waals surface area contributed by atoms with Crippen molar-refractivity contribution in [3.63, 3.8) is 0 Å². The Balaban J connectivity index is 2.32. The molecule has 2 rings (SSSR count). The molecule has 1 aliphatic carbocycles. The highest BCUT2D eigenvalue weighted by Crippen LogP contribution is 2.35. The van der Waals surface area contributed by atoms with Gasteiger partial charge in [-0.1, -0.05) is 12.2 Å². The molecule has 0 aliphatic heterocycles. The molecule has 0 aromatic heterocycles. The van der Waals surface area contributed by atoms with Gasteiger partial charge in [-0.05, 0) is 37.5 Å². The van der Waals surface area contributed by atoms with Crippen molar-refractivity contribution in [2.24, 2.45) is 10.2 Å². The third-order valence-electron chi connectivity index (χ3n) is 2.88. The second-order valence-corrected chi connectivity index (χ2v) is 4.66. The summed E-state index contributed by atoms with van der Waals surface area (Å²) < 4.78 is 0. The van der Waals surface area contributed by atoms with Crippen LogP contribution < -0.4 is 11.5 Å². The van der Waals surface area contributed by atoms with Gasteiger partial charge in [0.05, 0.1) is 17.1 Å². The van der Waals surface area contributed by atoms with Crippen molar-refractivity contribution in [3.05, 3.63) is 35.6 Å². The number of thiol groups is 1. The maximum atomic E-state index is 5.96. The average molecular weight is 260 g/mol. The minimum atomic E-state index is 0.550. The fraction of sp³-hybridized carbons (Fsp3) is 0.231. The Morgan fingerprint density at radius 2 is 1.94 bits per heavy atom. The second-order valence-electron chi connectivity index (χ2n) is 4.18. The molecule has 18 heavy (non-hydrogen) atoms. The summed E-state index contributed by atoms with van der Waals surface area (Å²) in [4.78, 5) is 0.670. The Morgan fingerprint density at radius 1 is 1.17 bits per heavy atom. The van der Waals surface area contributed by atoms with Crippen LogP contribution in [0.25, 0.3) is 0 Å². The Kier molecular flexibility index (Phi) is 3.72. The van der Waals surface area contributed by atoms with E-state index in [1.807, 2.05) is 19.1 Å². The van der Waals surface area contributed by atoms with Crippen molar-refractivity contribution < 1.29 is 0 Å². The van der Waals surface area contributed by atoms with Gasteiger partial charge in [0.15, 0.2) is 0 Å². The lowest BCUT2D eigenvalue weighted by atomic mass is 10.1. The van der Waals surface area contributed by atoms with E-state index >= 15 is 0 Å². The molecule has 0 bridgehead atoms. The maximum absolute atomic E-state index is 5.96. The van der Waals surface area contributed by atoms with Crippen LogP contribution in [0.2, 0.25) is 0 Å². The molecule has 4 N–H and O–H groups in total. The summed E-state index contributed by atoms with van der Waals surface area (Å²) in [6, 6.07) is 1.73. The van der Waals surface area contributed by atoms with Crippen LogP contribution in [0.15, 0.2) is 45.1 Å². The standard InChI is InChI=1S/C13H16N4S/c1-8-12(14)10(7-11(18)13(8)15)17-16-9-5-3-2-4-6-9/h3,5-7,18H,2,4,14-15H2,1H3. The summed E-state index contributed by atoms with van der Waals surface area (Å²) >= 11 is 4.29. The number of allylic oxidation sites excluding steroid dienone is 3. The lowest BCUT2D eigenvalue weighted by molar-refractivity contribution is 0.993. The largest absolute Gasteiger partial charge is 0.398 e. The quantitative estimate of drug-likeness (QED) is 0.430. The van der Waals surface area contributed by atoms with Gasteiger partial charge in [0.2, 0.25) is 0 Å². The lowest BCUT2D eigenvalue weighted by Crippen LogP contribution is -1.97. The fourth-order valence-corrected chi connectivity index (χ4v) is 1.97. The Morgan fingerprint density at radius 3 is 2.61 bits per heavy atom. The third kappa shape index (κ3) is 2.56. The van der Waals surface area contributed by atoms with E-state index in [0.29, 0.717) is 22.0 Å². The number of anilines is 2. The zero-order valence-electron chi connectivity index (χ0n) is 10.2. The average Bonchev–Trinajstić information content (AvgIpc) is 2.40. The van der Waals surface area contributed by atoms with Crippen molar-refractivity contribution in [3.8, 4) is 0 Å². The number of nitrogens with zero attached hydrogens (tertiary/aromatic N) is 2. The first-order valence-corrected chi connectivity index (χ1v) is 6.20. The van der Waals surface area contributed by atoms with E-state index in [2.05, 4.69) is 28.9 Å². The molecule has 0 unspecified atom stereocenters. The van der Waals surface area contributed by atoms with E-state index in [1.54, 1.807) is 6.07 Å². The Labute approximate surface area is 112 Å². The highest BCUT2D eigenvalue weighted by molar-refractivity contribution is 7.80. The maximum Gasteiger partial charge on any atom is 0.110 e. The molecule has 94 valence electrons. The van der Waals surface area contributed by atoms with Crippen LogP contribution in [-0.4, -0.2) is 0 Å². The van der Waals surface area contributed by atoms with Crippen LogP contribution in [0.5, 0.6) is 0 Å². The van der Waals surface area contributed by atoms with Crippen molar-refractivity contribution in [2.75, 3.05) is 11.5 Å². The molecule has 1 aromatic rings. The van der Waals surface area contributed by atoms with Crippen LogP contribution in [0.3, 0.4) is 0 Å². The topological polar surface area (TPSA) is 76.8 Å². The highest BCUT2D eigenvalue weighted by atomic mass is 32.1. The molecule has 0 fully saturated rings. The van der Waals surface area contributed by atoms with Crippen molar-refractivity contribution >= 4 is 29.7 Å². The van der Waals surface area contributed by atoms with Crippen LogP contribution in [0, 0.1) is 6.92 Å². The lowest BCUT2D eigenvalue weighted by Gasteiger charge is -2.09. The first-order valence-electron chi connectivity index (χ1n) is 5.75. The number of hydrogen-bond donors (Lipinski definition) is 3. The van der Waals surface area contributed by atoms with Crippen molar-refractivity contribution in [1.82, 2.24) is 0 Å². The van der Waals surface area contributed by atoms with Gasteiger partial charge in [-0.25, -0.2) is 0 Å². The molecule has 1 aromatic carbocycles. The van der Waals surface area contributed by atoms with Gasteiger partial charge >= 0.3 is 0 Å². The predicted molar refractivity (Wildman–Crippen MR) is 78.2 cm³/mol. The van der Waals surface area contributed by atoms with Crippen LogP contribution in [0.4, 0.5) is 17.1 Å². The highest BCUT2D eigenvalue weighted by Gasteiger charge is 2.08. The first kappa shape index (κ1) is 12.7. The van der Waals surface area contributed by atoms with Crippen LogP contribution in [-0.2, 0) is 0 Å². The Bertz CT molecular complexity index is 559. The zero-order chi connectivity index (χ0) is 13.1. The Hall–Kier alpha value is -1.75. The number of benzene rings is 1. The van der Waals surface area contributed by atoms with E-state index in [4.69, 9.17) is 11.5 Å². The van der Waals surface area contributed by atoms with Gasteiger partial charge < -0.3 is 11.5 Å². The first-order chi connectivity index (χ1) is 8.59. The molecule has 0 amide bonds. The summed E-state index contributed by atoms with van der Waals surface area (Å²) in [6.45, 7) is 1.85. The van der Waals surface area contributed by atoms with Gasteiger partial charge in [0.25, 0.3) is 0 Å². The summed E-state index contributed by atoms with van der Waals surface area (Å²) in [5.41, 5.74) is 15.2. The van der Waals surface area contributed by atoms with Crippen LogP contribution >= 0.6 is 12.6 Å². The summed E-state index contributed by atoms with van der Waals surface area (Å²) in [5, 5.41) is 8.34. The third-order valence-corrected chi connectivity index (χ3v) is 3.25. The van der Waals surface area contributed by atoms with Crippen molar-refractivity contribution in [2.45, 2.75) is 24.7 Å². The van der Waals surface area contributed by atoms with Gasteiger partial charge in [0.1, 0.15) is 5.69 Å². The fourth-order valence-electron chi connectivity index (χ4n) is 1.68. The minimum absolute atomic E-state index is 0.550. The molecule has 4 nitrogen and oxygen atoms in total. The van der Waals surface area contributed by atoms with E-state index in [9.17, 15) is 0 Å². The molecule has 0 saturated carbocycles. The zero-order valence-corrected chi connectivity index (χ0v) is 11.1. The molecule has 0 heterocycles. The molecule has 1 aliphatic rings. The normalized spacial score (nSPS) is 15.1. The summed E-state index contributed by atoms with van der Waals surface area (Å²) in [7, 11) is 0. The van der Waals surface area contributed by atoms with E-state index in [1.165, 1.54) is 0 Å². The molecule has 5 heteroatoms.